The lowest BCUT2D eigenvalue weighted by atomic mass is 10.1. The number of aliphatic hydroxyl groups is 1. The number of nitrogens with zero attached hydrogens (tertiary/aromatic N) is 1. The number of sulfone groups is 1. The molecule has 24 heavy (non-hydrogen) atoms. The van der Waals surface area contributed by atoms with Crippen molar-refractivity contribution in [2.24, 2.45) is 0 Å². The molecule has 1 aromatic carbocycles. The molecule has 1 aromatic heterocycles. The van der Waals surface area contributed by atoms with E-state index < -0.39 is 20.2 Å². The Hall–Kier alpha value is -1.37. The molecule has 0 bridgehead atoms. The summed E-state index contributed by atoms with van der Waals surface area (Å²) in [6.07, 6.45) is 1.54. The van der Waals surface area contributed by atoms with Crippen molar-refractivity contribution in [1.82, 2.24) is 4.98 Å². The van der Waals surface area contributed by atoms with Gasteiger partial charge in [0.1, 0.15) is 17.3 Å². The Morgan fingerprint density at radius 1 is 1.21 bits per heavy atom. The number of halogens is 1. The monoisotopic (exact) mass is 371 g/mol. The van der Waals surface area contributed by atoms with Crippen LogP contribution in [0.2, 0.25) is 5.02 Å². The fraction of sp³-hybridized carbons (Fsp3) is 0.471. The van der Waals surface area contributed by atoms with Gasteiger partial charge < -0.3 is 9.84 Å². The highest BCUT2D eigenvalue weighted by atomic mass is 35.5. The van der Waals surface area contributed by atoms with Gasteiger partial charge in [-0.2, -0.15) is 0 Å². The van der Waals surface area contributed by atoms with Gasteiger partial charge >= 0.3 is 0 Å². The molecule has 1 heterocycles. The second-order valence-electron chi connectivity index (χ2n) is 7.33. The summed E-state index contributed by atoms with van der Waals surface area (Å²) in [5, 5.41) is 10.8. The van der Waals surface area contributed by atoms with Crippen LogP contribution in [0.25, 0.3) is 10.9 Å². The first kappa shape index (κ1) is 19.0. The zero-order chi connectivity index (χ0) is 18.3. The van der Waals surface area contributed by atoms with Crippen molar-refractivity contribution in [3.8, 4) is 5.75 Å². The molecule has 2 rings (SSSR count). The molecule has 0 aliphatic carbocycles. The molecule has 0 amide bonds. The summed E-state index contributed by atoms with van der Waals surface area (Å²) in [5.41, 5.74) is -0.569. The summed E-state index contributed by atoms with van der Waals surface area (Å²) in [7, 11) is -3.68. The average molecular weight is 372 g/mol. The third-order valence-electron chi connectivity index (χ3n) is 3.43. The highest BCUT2D eigenvalue weighted by Gasteiger charge is 2.34. The van der Waals surface area contributed by atoms with Crippen molar-refractivity contribution in [1.29, 1.82) is 0 Å². The highest BCUT2D eigenvalue weighted by molar-refractivity contribution is 7.92. The smallest absolute Gasteiger partial charge is 0.186 e. The molecule has 0 radical (unpaired) electrons. The van der Waals surface area contributed by atoms with Gasteiger partial charge in [-0.25, -0.2) is 8.42 Å². The van der Waals surface area contributed by atoms with E-state index in [9.17, 15) is 13.5 Å². The Morgan fingerprint density at radius 2 is 1.83 bits per heavy atom. The van der Waals surface area contributed by atoms with Crippen LogP contribution in [0.15, 0.2) is 29.3 Å². The average Bonchev–Trinajstić information content (AvgIpc) is 2.42. The summed E-state index contributed by atoms with van der Waals surface area (Å²) in [6, 6.07) is 4.64. The molecule has 0 saturated carbocycles. The van der Waals surface area contributed by atoms with Gasteiger partial charge in [-0.1, -0.05) is 11.6 Å². The summed E-state index contributed by atoms with van der Waals surface area (Å²) < 4.78 is 30.5. The summed E-state index contributed by atoms with van der Waals surface area (Å²) in [6.45, 7) is 7.99. The molecule has 132 valence electrons. The van der Waals surface area contributed by atoms with Gasteiger partial charge in [-0.15, -0.1) is 0 Å². The maximum Gasteiger partial charge on any atom is 0.186 e. The first-order valence-corrected chi connectivity index (χ1v) is 9.37. The van der Waals surface area contributed by atoms with Crippen molar-refractivity contribution < 1.29 is 18.3 Å². The van der Waals surface area contributed by atoms with Crippen LogP contribution >= 0.6 is 11.6 Å². The summed E-state index contributed by atoms with van der Waals surface area (Å²) in [4.78, 5) is 4.25. The Balaban J connectivity index is 2.72. The molecule has 0 unspecified atom stereocenters. The predicted octanol–water partition coefficient (Wildman–Crippen LogP) is 3.61. The zero-order valence-electron chi connectivity index (χ0n) is 14.4. The number of hydrogen-bond donors (Lipinski definition) is 1. The quantitative estimate of drug-likeness (QED) is 0.888. The Labute approximate surface area is 147 Å². The number of rotatable bonds is 4. The van der Waals surface area contributed by atoms with E-state index in [1.54, 1.807) is 52.9 Å². The lowest BCUT2D eigenvalue weighted by Gasteiger charge is -2.24. The maximum absolute atomic E-state index is 12.9. The Kier molecular flexibility index (Phi) is 4.87. The second kappa shape index (κ2) is 6.17. The number of hydrogen-bond acceptors (Lipinski definition) is 5. The molecule has 0 fully saturated rings. The minimum absolute atomic E-state index is 0.0432. The molecular formula is C17H22ClNO4S. The zero-order valence-corrected chi connectivity index (χ0v) is 16.0. The van der Waals surface area contributed by atoms with E-state index in [4.69, 9.17) is 16.3 Å². The molecule has 0 aliphatic heterocycles. The number of ether oxygens (including phenoxy) is 1. The Bertz CT molecular complexity index is 865. The molecule has 1 N–H and O–H groups in total. The molecule has 0 aliphatic rings. The largest absolute Gasteiger partial charge is 0.489 e. The van der Waals surface area contributed by atoms with E-state index in [1.165, 1.54) is 6.07 Å². The lowest BCUT2D eigenvalue weighted by molar-refractivity contribution is 0.0274. The van der Waals surface area contributed by atoms with Gasteiger partial charge in [0.2, 0.25) is 0 Å². The van der Waals surface area contributed by atoms with Gasteiger partial charge in [-0.3, -0.25) is 4.98 Å². The third-order valence-corrected chi connectivity index (χ3v) is 6.27. The minimum Gasteiger partial charge on any atom is -0.489 e. The van der Waals surface area contributed by atoms with Gasteiger partial charge in [0.25, 0.3) is 0 Å². The number of fused-ring (bicyclic) bond motifs is 1. The van der Waals surface area contributed by atoms with Gasteiger partial charge in [0.15, 0.2) is 9.84 Å². The lowest BCUT2D eigenvalue weighted by Crippen LogP contribution is -2.30. The molecule has 0 saturated heterocycles. The van der Waals surface area contributed by atoms with E-state index in [-0.39, 0.29) is 17.3 Å². The van der Waals surface area contributed by atoms with Crippen LogP contribution in [0.1, 0.15) is 34.6 Å². The summed E-state index contributed by atoms with van der Waals surface area (Å²) in [5.74, 6) is 0.161. The number of pyridine rings is 1. The SMILES string of the molecule is CC(C)(O)COc1cc2nccc(Cl)c2cc1S(=O)(=O)C(C)(C)C. The van der Waals surface area contributed by atoms with Gasteiger partial charge in [-0.05, 0) is 46.8 Å². The van der Waals surface area contributed by atoms with Crippen molar-refractivity contribution in [3.05, 3.63) is 29.4 Å². The van der Waals surface area contributed by atoms with Crippen molar-refractivity contribution in [2.75, 3.05) is 6.61 Å². The van der Waals surface area contributed by atoms with Crippen LogP contribution in [0, 0.1) is 0 Å². The van der Waals surface area contributed by atoms with Crippen molar-refractivity contribution >= 4 is 32.3 Å². The standard InChI is InChI=1S/C17H22ClNO4S/c1-16(2,3)24(21,22)15-8-11-12(18)6-7-19-13(11)9-14(15)23-10-17(4,5)20/h6-9,20H,10H2,1-5H3. The maximum atomic E-state index is 12.9. The van der Waals surface area contributed by atoms with E-state index in [2.05, 4.69) is 4.98 Å². The summed E-state index contributed by atoms with van der Waals surface area (Å²) >= 11 is 6.18. The van der Waals surface area contributed by atoms with Crippen LogP contribution in [0.3, 0.4) is 0 Å². The normalized spacial score (nSPS) is 13.3. The van der Waals surface area contributed by atoms with Crippen LogP contribution < -0.4 is 4.74 Å². The van der Waals surface area contributed by atoms with Crippen molar-refractivity contribution in [2.45, 2.75) is 49.9 Å². The number of benzene rings is 1. The van der Waals surface area contributed by atoms with Gasteiger partial charge in [0, 0.05) is 17.6 Å². The molecule has 0 spiro atoms. The third kappa shape index (κ3) is 3.82. The Morgan fingerprint density at radius 3 is 2.38 bits per heavy atom. The molecular weight excluding hydrogens is 350 g/mol. The highest BCUT2D eigenvalue weighted by Crippen LogP contribution is 2.37. The van der Waals surface area contributed by atoms with E-state index in [1.807, 2.05) is 0 Å². The van der Waals surface area contributed by atoms with Crippen molar-refractivity contribution in [3.63, 3.8) is 0 Å². The first-order chi connectivity index (χ1) is 10.8. The van der Waals surface area contributed by atoms with Gasteiger partial charge in [0.05, 0.1) is 20.9 Å². The van der Waals surface area contributed by atoms with Crippen LogP contribution in [-0.4, -0.2) is 35.5 Å². The molecule has 0 atom stereocenters. The van der Waals surface area contributed by atoms with E-state index >= 15 is 0 Å². The van der Waals surface area contributed by atoms with E-state index in [0.29, 0.717) is 15.9 Å². The molecule has 2 aromatic rings. The predicted molar refractivity (Wildman–Crippen MR) is 95.5 cm³/mol. The topological polar surface area (TPSA) is 76.5 Å². The fourth-order valence-electron chi connectivity index (χ4n) is 2.03. The molecule has 5 nitrogen and oxygen atoms in total. The van der Waals surface area contributed by atoms with Crippen LogP contribution in [0.5, 0.6) is 5.75 Å². The number of aromatic nitrogens is 1. The molecule has 7 heteroatoms. The fourth-order valence-corrected chi connectivity index (χ4v) is 3.55. The second-order valence-corrected chi connectivity index (χ2v) is 10.4. The van der Waals surface area contributed by atoms with Crippen LogP contribution in [0.4, 0.5) is 0 Å². The minimum atomic E-state index is -3.68. The van der Waals surface area contributed by atoms with Crippen LogP contribution in [-0.2, 0) is 9.84 Å². The first-order valence-electron chi connectivity index (χ1n) is 7.51. The van der Waals surface area contributed by atoms with E-state index in [0.717, 1.165) is 0 Å².